The zero-order valence-corrected chi connectivity index (χ0v) is 12.3. The molecule has 0 saturated carbocycles. The lowest BCUT2D eigenvalue weighted by Crippen LogP contribution is -2.32. The van der Waals surface area contributed by atoms with Crippen molar-refractivity contribution in [3.05, 3.63) is 22.3 Å². The number of carbonyl (C=O) groups is 1. The van der Waals surface area contributed by atoms with E-state index in [9.17, 15) is 4.79 Å². The van der Waals surface area contributed by atoms with Gasteiger partial charge in [0, 0.05) is 23.8 Å². The maximum atomic E-state index is 12.4. The van der Waals surface area contributed by atoms with E-state index in [2.05, 4.69) is 33.3 Å². The summed E-state index contributed by atoms with van der Waals surface area (Å²) < 4.78 is 0.761. The Hall–Kier alpha value is -1.14. The fourth-order valence-corrected chi connectivity index (χ4v) is 1.97. The van der Waals surface area contributed by atoms with Gasteiger partial charge in [0.25, 0.3) is 5.91 Å². The van der Waals surface area contributed by atoms with E-state index >= 15 is 0 Å². The van der Waals surface area contributed by atoms with E-state index in [1.54, 1.807) is 17.2 Å². The van der Waals surface area contributed by atoms with Gasteiger partial charge in [0.1, 0.15) is 0 Å². The topological polar surface area (TPSA) is 71.2 Å². The Labute approximate surface area is 116 Å². The highest BCUT2D eigenvalue weighted by Gasteiger charge is 2.18. The minimum Gasteiger partial charge on any atom is -0.339 e. The zero-order valence-electron chi connectivity index (χ0n) is 10.7. The lowest BCUT2D eigenvalue weighted by atomic mass is 10.2. The Kier molecular flexibility index (Phi) is 6.07. The van der Waals surface area contributed by atoms with E-state index in [0.29, 0.717) is 17.9 Å². The van der Waals surface area contributed by atoms with Crippen molar-refractivity contribution in [2.75, 3.05) is 18.5 Å². The van der Waals surface area contributed by atoms with Gasteiger partial charge >= 0.3 is 0 Å². The summed E-state index contributed by atoms with van der Waals surface area (Å²) in [6.07, 6.45) is 3.66. The highest BCUT2D eigenvalue weighted by molar-refractivity contribution is 9.10. The molecule has 0 bridgehead atoms. The van der Waals surface area contributed by atoms with Crippen molar-refractivity contribution in [1.29, 1.82) is 0 Å². The van der Waals surface area contributed by atoms with E-state index in [4.69, 9.17) is 5.84 Å². The summed E-state index contributed by atoms with van der Waals surface area (Å²) in [7, 11) is 0. The third-order valence-electron chi connectivity index (χ3n) is 2.67. The van der Waals surface area contributed by atoms with Gasteiger partial charge in [0.2, 0.25) is 0 Å². The third kappa shape index (κ3) is 3.68. The molecule has 1 aromatic rings. The highest BCUT2D eigenvalue weighted by atomic mass is 79.9. The van der Waals surface area contributed by atoms with E-state index in [-0.39, 0.29) is 5.91 Å². The molecule has 0 spiro atoms. The van der Waals surface area contributed by atoms with E-state index in [1.807, 2.05) is 6.92 Å². The molecule has 0 radical (unpaired) electrons. The molecule has 6 heteroatoms. The summed E-state index contributed by atoms with van der Waals surface area (Å²) in [5.74, 6) is 5.73. The number of hydrazine groups is 1. The summed E-state index contributed by atoms with van der Waals surface area (Å²) in [6, 6.07) is 1.74. The summed E-state index contributed by atoms with van der Waals surface area (Å²) in [4.78, 5) is 18.3. The first kappa shape index (κ1) is 14.9. The fourth-order valence-electron chi connectivity index (χ4n) is 1.64. The number of nitrogens with two attached hydrogens (primary N) is 1. The molecule has 1 heterocycles. The monoisotopic (exact) mass is 314 g/mol. The molecule has 1 aromatic heterocycles. The molecule has 18 heavy (non-hydrogen) atoms. The number of unbranched alkanes of at least 4 members (excludes halogenated alkanes) is 1. The summed E-state index contributed by atoms with van der Waals surface area (Å²) in [6.45, 7) is 5.50. The minimum atomic E-state index is -0.0484. The van der Waals surface area contributed by atoms with Crippen LogP contribution in [-0.2, 0) is 0 Å². The van der Waals surface area contributed by atoms with Gasteiger partial charge in [-0.1, -0.05) is 13.3 Å². The van der Waals surface area contributed by atoms with Gasteiger partial charge in [-0.15, -0.1) is 0 Å². The maximum absolute atomic E-state index is 12.4. The molecule has 0 aromatic carbocycles. The second-order valence-electron chi connectivity index (χ2n) is 3.93. The van der Waals surface area contributed by atoms with Crippen molar-refractivity contribution in [3.63, 3.8) is 0 Å². The zero-order chi connectivity index (χ0) is 13.5. The third-order valence-corrected chi connectivity index (χ3v) is 3.11. The van der Waals surface area contributed by atoms with Gasteiger partial charge in [-0.3, -0.25) is 4.79 Å². The number of halogens is 1. The van der Waals surface area contributed by atoms with Crippen LogP contribution in [0, 0.1) is 0 Å². The number of nitrogens with zero attached hydrogens (tertiary/aromatic N) is 2. The number of amides is 1. The van der Waals surface area contributed by atoms with Crippen LogP contribution < -0.4 is 11.3 Å². The lowest BCUT2D eigenvalue weighted by Gasteiger charge is -2.21. The predicted molar refractivity (Wildman–Crippen MR) is 76.2 cm³/mol. The summed E-state index contributed by atoms with van der Waals surface area (Å²) in [5.41, 5.74) is 2.95. The maximum Gasteiger partial charge on any atom is 0.257 e. The number of pyridine rings is 1. The Bertz CT molecular complexity index is 411. The number of hydrogen-bond acceptors (Lipinski definition) is 4. The first-order valence-corrected chi connectivity index (χ1v) is 6.84. The van der Waals surface area contributed by atoms with Crippen LogP contribution in [0.2, 0.25) is 0 Å². The molecule has 0 aliphatic carbocycles. The van der Waals surface area contributed by atoms with Gasteiger partial charge in [-0.05, 0) is 35.3 Å². The first-order valence-electron chi connectivity index (χ1n) is 6.05. The van der Waals surface area contributed by atoms with Crippen LogP contribution in [0.15, 0.2) is 16.7 Å². The molecule has 0 saturated heterocycles. The van der Waals surface area contributed by atoms with Crippen LogP contribution in [0.3, 0.4) is 0 Å². The van der Waals surface area contributed by atoms with Crippen LogP contribution in [-0.4, -0.2) is 28.9 Å². The molecule has 3 N–H and O–H groups in total. The van der Waals surface area contributed by atoms with Crippen molar-refractivity contribution < 1.29 is 4.79 Å². The van der Waals surface area contributed by atoms with E-state index in [0.717, 1.165) is 23.9 Å². The summed E-state index contributed by atoms with van der Waals surface area (Å²) >= 11 is 3.32. The Morgan fingerprint density at radius 1 is 1.56 bits per heavy atom. The average molecular weight is 315 g/mol. The number of nitrogen functional groups attached to an aromatic ring is 1. The standard InChI is InChI=1S/C12H19BrN4O/c1-3-5-6-17(4-2)12(18)10-7-9(13)8-15-11(10)16-14/h7-8H,3-6,14H2,1-2H3,(H,15,16). The highest BCUT2D eigenvalue weighted by Crippen LogP contribution is 2.19. The molecule has 5 nitrogen and oxygen atoms in total. The predicted octanol–water partition coefficient (Wildman–Crippen LogP) is 2.39. The van der Waals surface area contributed by atoms with Gasteiger partial charge in [-0.2, -0.15) is 0 Å². The van der Waals surface area contributed by atoms with Crippen LogP contribution >= 0.6 is 15.9 Å². The average Bonchev–Trinajstić information content (AvgIpc) is 2.39. The van der Waals surface area contributed by atoms with Gasteiger partial charge in [0.05, 0.1) is 5.56 Å². The SMILES string of the molecule is CCCCN(CC)C(=O)c1cc(Br)cnc1NN. The van der Waals surface area contributed by atoms with Crippen LogP contribution in [0.4, 0.5) is 5.82 Å². The van der Waals surface area contributed by atoms with Gasteiger partial charge in [-0.25, -0.2) is 10.8 Å². The Morgan fingerprint density at radius 2 is 2.28 bits per heavy atom. The van der Waals surface area contributed by atoms with Gasteiger partial charge < -0.3 is 10.3 Å². The molecule has 0 aliphatic heterocycles. The van der Waals surface area contributed by atoms with Crippen LogP contribution in [0.5, 0.6) is 0 Å². The Balaban J connectivity index is 2.96. The first-order chi connectivity index (χ1) is 8.63. The lowest BCUT2D eigenvalue weighted by molar-refractivity contribution is 0.0763. The van der Waals surface area contributed by atoms with Crippen molar-refractivity contribution in [2.45, 2.75) is 26.7 Å². The second kappa shape index (κ2) is 7.33. The number of nitrogens with one attached hydrogen (secondary N) is 1. The van der Waals surface area contributed by atoms with Crippen molar-refractivity contribution in [1.82, 2.24) is 9.88 Å². The molecule has 1 amide bonds. The molecule has 0 fully saturated rings. The van der Waals surface area contributed by atoms with Crippen molar-refractivity contribution in [2.24, 2.45) is 5.84 Å². The molecular formula is C12H19BrN4O. The quantitative estimate of drug-likeness (QED) is 0.624. The summed E-state index contributed by atoms with van der Waals surface area (Å²) in [5, 5.41) is 0. The van der Waals surface area contributed by atoms with Crippen LogP contribution in [0.25, 0.3) is 0 Å². The molecular weight excluding hydrogens is 296 g/mol. The number of carbonyl (C=O) groups excluding carboxylic acids is 1. The largest absolute Gasteiger partial charge is 0.339 e. The second-order valence-corrected chi connectivity index (χ2v) is 4.85. The van der Waals surface area contributed by atoms with E-state index in [1.165, 1.54) is 0 Å². The van der Waals surface area contributed by atoms with Crippen molar-refractivity contribution >= 4 is 27.7 Å². The number of aromatic nitrogens is 1. The van der Waals surface area contributed by atoms with E-state index < -0.39 is 0 Å². The minimum absolute atomic E-state index is 0.0484. The number of anilines is 1. The molecule has 1 rings (SSSR count). The van der Waals surface area contributed by atoms with Crippen molar-refractivity contribution in [3.8, 4) is 0 Å². The smallest absolute Gasteiger partial charge is 0.257 e. The molecule has 100 valence electrons. The molecule has 0 aliphatic rings. The fraction of sp³-hybridized carbons (Fsp3) is 0.500. The Morgan fingerprint density at radius 3 is 2.83 bits per heavy atom. The van der Waals surface area contributed by atoms with Gasteiger partial charge in [0.15, 0.2) is 5.82 Å². The number of rotatable bonds is 6. The normalized spacial score (nSPS) is 10.2. The molecule has 0 atom stereocenters. The number of hydrogen-bond donors (Lipinski definition) is 2. The molecule has 0 unspecified atom stereocenters. The van der Waals surface area contributed by atoms with Crippen LogP contribution in [0.1, 0.15) is 37.0 Å².